The number of carbonyl (C=O) groups excluding carboxylic acids is 2. The van der Waals surface area contributed by atoms with Crippen LogP contribution in [0.5, 0.6) is 11.5 Å². The number of hydrogen-bond acceptors (Lipinski definition) is 8. The van der Waals surface area contributed by atoms with E-state index in [0.717, 1.165) is 10.2 Å². The maximum Gasteiger partial charge on any atom is 0.325 e. The molecule has 0 fully saturated rings. The second-order valence-electron chi connectivity index (χ2n) is 11.8. The Balaban J connectivity index is 0.000000211. The van der Waals surface area contributed by atoms with E-state index in [9.17, 15) is 43.4 Å². The van der Waals surface area contributed by atoms with Crippen LogP contribution in [0.15, 0.2) is 82.6 Å². The average Bonchev–Trinajstić information content (AvgIpc) is 3.72. The molecule has 6 rings (SSSR count). The molecule has 0 aliphatic rings. The summed E-state index contributed by atoms with van der Waals surface area (Å²) in [6.45, 7) is 0.551. The van der Waals surface area contributed by atoms with Gasteiger partial charge >= 0.3 is 11.9 Å². The molecule has 6 aromatic rings. The average molecular weight is 818 g/mol. The van der Waals surface area contributed by atoms with E-state index in [1.807, 2.05) is 0 Å². The number of carboxylic acids is 2. The van der Waals surface area contributed by atoms with Gasteiger partial charge in [0.1, 0.15) is 40.6 Å². The fourth-order valence-electron chi connectivity index (χ4n) is 5.31. The lowest BCUT2D eigenvalue weighted by Crippen LogP contribution is -2.42. The van der Waals surface area contributed by atoms with Gasteiger partial charge in [-0.1, -0.05) is 59.1 Å². The third-order valence-corrected chi connectivity index (χ3v) is 8.64. The Bertz CT molecular complexity index is 2600. The Morgan fingerprint density at radius 3 is 1.58 bits per heavy atom. The molecule has 2 amide bonds. The summed E-state index contributed by atoms with van der Waals surface area (Å²) in [4.78, 5) is 72.2. The van der Waals surface area contributed by atoms with Crippen LogP contribution in [-0.4, -0.2) is 75.2 Å². The smallest absolute Gasteiger partial charge is 0.325 e. The normalized spacial score (nSPS) is 11.5. The van der Waals surface area contributed by atoms with E-state index in [2.05, 4.69) is 10.6 Å². The summed E-state index contributed by atoms with van der Waals surface area (Å²) in [6, 6.07) is 13.6. The molecule has 0 saturated carbocycles. The van der Waals surface area contributed by atoms with Gasteiger partial charge < -0.3 is 31.1 Å². The number of nitrogens with one attached hydrogen (secondary N) is 2. The molecule has 0 radical (unpaired) electrons. The summed E-state index contributed by atoms with van der Waals surface area (Å²) in [5.74, 6) is -6.26. The number of aromatic hydroxyl groups is 2. The van der Waals surface area contributed by atoms with Gasteiger partial charge in [-0.05, 0) is 54.4 Å². The fourth-order valence-corrected chi connectivity index (χ4v) is 5.83. The molecule has 1 atom stereocenters. The number of amides is 2. The summed E-state index contributed by atoms with van der Waals surface area (Å²) in [6.07, 6.45) is 2.80. The standard InChI is InChI=1S/C18H15ClFN3O5.C17H13Cl2N3O5/c1-9(18(27)28)21-16(25)14-15(24)13-6-11(19)8-22(13)23(17(14)26)7-10-2-4-12(20)5-3-10;18-10-3-1-9(2-4-10)7-22-17(27)14(16(26)20-6-13(23)24)15(25)12-5-11(19)8-21(12)22/h2-6,8-9,24H,7H2,1H3,(H,21,25)(H,27,28);1-5,8,25H,6-7H2,(H,20,26)(H,23,24). The van der Waals surface area contributed by atoms with Crippen LogP contribution < -0.4 is 21.8 Å². The van der Waals surface area contributed by atoms with E-state index < -0.39 is 75.9 Å². The quantitative estimate of drug-likeness (QED) is 0.117. The van der Waals surface area contributed by atoms with Gasteiger partial charge in [-0.3, -0.25) is 37.8 Å². The molecule has 2 aromatic carbocycles. The first-order valence-corrected chi connectivity index (χ1v) is 16.9. The van der Waals surface area contributed by atoms with Gasteiger partial charge in [0.2, 0.25) is 0 Å². The van der Waals surface area contributed by atoms with Gasteiger partial charge in [-0.15, -0.1) is 0 Å². The van der Waals surface area contributed by atoms with Gasteiger partial charge in [0.25, 0.3) is 22.9 Å². The number of carbonyl (C=O) groups is 4. The zero-order chi connectivity index (χ0) is 40.3. The molecule has 0 aliphatic carbocycles. The van der Waals surface area contributed by atoms with Crippen LogP contribution in [0.3, 0.4) is 0 Å². The largest absolute Gasteiger partial charge is 0.505 e. The highest BCUT2D eigenvalue weighted by molar-refractivity contribution is 6.31. The minimum atomic E-state index is -1.30. The van der Waals surface area contributed by atoms with Crippen molar-refractivity contribution in [1.82, 2.24) is 29.0 Å². The molecule has 0 spiro atoms. The highest BCUT2D eigenvalue weighted by Crippen LogP contribution is 2.27. The van der Waals surface area contributed by atoms with Gasteiger partial charge in [-0.2, -0.15) is 0 Å². The maximum atomic E-state index is 13.1. The number of aliphatic carboxylic acids is 2. The molecule has 6 N–H and O–H groups in total. The Morgan fingerprint density at radius 2 is 1.15 bits per heavy atom. The lowest BCUT2D eigenvalue weighted by atomic mass is 10.2. The predicted octanol–water partition coefficient (Wildman–Crippen LogP) is 3.83. The molecule has 0 aliphatic heterocycles. The van der Waals surface area contributed by atoms with Gasteiger partial charge in [0.05, 0.1) is 23.1 Å². The monoisotopic (exact) mass is 816 g/mol. The first-order valence-electron chi connectivity index (χ1n) is 15.8. The van der Waals surface area contributed by atoms with Crippen LogP contribution in [-0.2, 0) is 22.7 Å². The third-order valence-electron chi connectivity index (χ3n) is 7.97. The maximum absolute atomic E-state index is 13.1. The Labute approximate surface area is 322 Å². The molecule has 0 saturated heterocycles. The van der Waals surface area contributed by atoms with Gasteiger partial charge in [0, 0.05) is 17.4 Å². The minimum Gasteiger partial charge on any atom is -0.505 e. The Kier molecular flexibility index (Phi) is 11.9. The molecule has 55 heavy (non-hydrogen) atoms. The molecular formula is C35H28Cl3FN6O10. The highest BCUT2D eigenvalue weighted by Gasteiger charge is 2.26. The Morgan fingerprint density at radius 1 is 0.709 bits per heavy atom. The summed E-state index contributed by atoms with van der Waals surface area (Å²) < 4.78 is 18.1. The molecule has 286 valence electrons. The van der Waals surface area contributed by atoms with E-state index >= 15 is 0 Å². The molecule has 0 bridgehead atoms. The van der Waals surface area contributed by atoms with Crippen LogP contribution >= 0.6 is 34.8 Å². The number of benzene rings is 2. The van der Waals surface area contributed by atoms with Crippen molar-refractivity contribution in [2.24, 2.45) is 0 Å². The van der Waals surface area contributed by atoms with Crippen LogP contribution in [0, 0.1) is 5.82 Å². The highest BCUT2D eigenvalue weighted by atomic mass is 35.5. The first-order chi connectivity index (χ1) is 26.0. The second-order valence-corrected chi connectivity index (χ2v) is 13.1. The lowest BCUT2D eigenvalue weighted by Gasteiger charge is -2.15. The van der Waals surface area contributed by atoms with Crippen molar-refractivity contribution < 1.29 is 44.0 Å². The lowest BCUT2D eigenvalue weighted by molar-refractivity contribution is -0.139. The van der Waals surface area contributed by atoms with E-state index in [4.69, 9.17) is 45.0 Å². The molecular weight excluding hydrogens is 790 g/mol. The first kappa shape index (κ1) is 39.9. The van der Waals surface area contributed by atoms with Crippen LogP contribution in [0.1, 0.15) is 38.8 Å². The van der Waals surface area contributed by atoms with Crippen molar-refractivity contribution >= 4 is 69.6 Å². The number of rotatable bonds is 10. The fraction of sp³-hybridized carbons (Fsp3) is 0.143. The van der Waals surface area contributed by atoms with E-state index in [1.54, 1.807) is 24.3 Å². The van der Waals surface area contributed by atoms with Crippen molar-refractivity contribution in [2.45, 2.75) is 26.1 Å². The zero-order valence-corrected chi connectivity index (χ0v) is 30.4. The van der Waals surface area contributed by atoms with Gasteiger partial charge in [0.15, 0.2) is 11.5 Å². The minimum absolute atomic E-state index is 0.0460. The van der Waals surface area contributed by atoms with Gasteiger partial charge in [-0.25, -0.2) is 13.8 Å². The van der Waals surface area contributed by atoms with E-state index in [-0.39, 0.29) is 34.2 Å². The van der Waals surface area contributed by atoms with Crippen molar-refractivity contribution in [2.75, 3.05) is 6.54 Å². The molecule has 16 nitrogen and oxygen atoms in total. The molecule has 20 heteroatoms. The number of fused-ring (bicyclic) bond motifs is 2. The number of nitrogens with zero attached hydrogens (tertiary/aromatic N) is 4. The SMILES string of the molecule is CC(NC(=O)c1c(O)c2cc(Cl)cn2n(Cc2ccc(F)cc2)c1=O)C(=O)O.O=C(O)CNC(=O)c1c(O)c2cc(Cl)cn2n(Cc2ccc(Cl)cc2)c1=O. The summed E-state index contributed by atoms with van der Waals surface area (Å²) in [5.41, 5.74) is -1.35. The topological polar surface area (TPSA) is 226 Å². The summed E-state index contributed by atoms with van der Waals surface area (Å²) in [5, 5.41) is 43.7. The summed E-state index contributed by atoms with van der Waals surface area (Å²) in [7, 11) is 0. The van der Waals surface area contributed by atoms with Crippen molar-refractivity contribution in [3.05, 3.63) is 137 Å². The zero-order valence-electron chi connectivity index (χ0n) is 28.2. The van der Waals surface area contributed by atoms with Crippen molar-refractivity contribution in [3.8, 4) is 11.5 Å². The molecule has 4 heterocycles. The van der Waals surface area contributed by atoms with Crippen molar-refractivity contribution in [3.63, 3.8) is 0 Å². The number of hydrogen-bond donors (Lipinski definition) is 6. The van der Waals surface area contributed by atoms with Crippen molar-refractivity contribution in [1.29, 1.82) is 0 Å². The third kappa shape index (κ3) is 8.75. The van der Waals surface area contributed by atoms with Crippen LogP contribution in [0.25, 0.3) is 11.0 Å². The number of carboxylic acid groups (broad SMARTS) is 2. The Hall–Kier alpha value is -6.30. The summed E-state index contributed by atoms with van der Waals surface area (Å²) >= 11 is 17.8. The molecule has 4 aromatic heterocycles. The van der Waals surface area contributed by atoms with E-state index in [1.165, 1.54) is 69.4 Å². The van der Waals surface area contributed by atoms with E-state index in [0.29, 0.717) is 10.6 Å². The predicted molar refractivity (Wildman–Crippen MR) is 197 cm³/mol. The van der Waals surface area contributed by atoms with Crippen LogP contribution in [0.2, 0.25) is 15.1 Å². The second kappa shape index (κ2) is 16.4. The molecule has 1 unspecified atom stereocenters. The number of aromatic nitrogens is 4. The number of halogens is 4. The van der Waals surface area contributed by atoms with Crippen LogP contribution in [0.4, 0.5) is 4.39 Å².